The molecule has 0 spiro atoms. The summed E-state index contributed by atoms with van der Waals surface area (Å²) >= 11 is 0. The zero-order valence-corrected chi connectivity index (χ0v) is 8.74. The molecule has 0 fully saturated rings. The van der Waals surface area contributed by atoms with Gasteiger partial charge in [-0.3, -0.25) is 0 Å². The van der Waals surface area contributed by atoms with E-state index < -0.39 is 12.4 Å². The Morgan fingerprint density at radius 1 is 1.56 bits per heavy atom. The van der Waals surface area contributed by atoms with Crippen LogP contribution < -0.4 is 5.73 Å². The van der Waals surface area contributed by atoms with Crippen molar-refractivity contribution in [3.8, 4) is 0 Å². The maximum absolute atomic E-state index is 12.5. The van der Waals surface area contributed by atoms with Crippen LogP contribution in [-0.2, 0) is 11.3 Å². The average molecular weight is 230 g/mol. The second-order valence-electron chi connectivity index (χ2n) is 2.96. The number of pyridine rings is 1. The number of carbonyl (C=O) groups excluding carboxylic acids is 1. The van der Waals surface area contributed by atoms with Gasteiger partial charge in [0, 0.05) is 12.1 Å². The number of rotatable bonds is 4. The molecular formula is C10H12F2N2O2. The number of esters is 1. The normalized spacial score (nSPS) is 10.6. The first-order chi connectivity index (χ1) is 7.60. The maximum atomic E-state index is 12.5. The molecule has 1 heterocycles. The molecule has 0 radical (unpaired) electrons. The molecule has 1 aromatic heterocycles. The summed E-state index contributed by atoms with van der Waals surface area (Å²) in [4.78, 5) is 15.0. The summed E-state index contributed by atoms with van der Waals surface area (Å²) in [6.45, 7) is 1.71. The Hall–Kier alpha value is -1.56. The van der Waals surface area contributed by atoms with Crippen molar-refractivity contribution in [3.05, 3.63) is 29.1 Å². The molecule has 0 aromatic carbocycles. The number of hydrogen-bond donors (Lipinski definition) is 1. The van der Waals surface area contributed by atoms with Crippen LogP contribution in [0, 0.1) is 0 Å². The molecule has 88 valence electrons. The predicted octanol–water partition coefficient (Wildman–Crippen LogP) is 1.65. The standard InChI is InChI=1S/C10H12F2N2O2/c1-2-16-10(15)7-4-3-6(9(11)12)8(5-13)14-7/h3-4,9H,2,5,13H2,1H3. The first kappa shape index (κ1) is 12.5. The van der Waals surface area contributed by atoms with Gasteiger partial charge in [-0.05, 0) is 19.1 Å². The summed E-state index contributed by atoms with van der Waals surface area (Å²) in [6.07, 6.45) is -2.65. The van der Waals surface area contributed by atoms with Gasteiger partial charge in [-0.15, -0.1) is 0 Å². The molecule has 1 rings (SSSR count). The van der Waals surface area contributed by atoms with Crippen molar-refractivity contribution in [2.45, 2.75) is 19.9 Å². The van der Waals surface area contributed by atoms with Gasteiger partial charge >= 0.3 is 5.97 Å². The van der Waals surface area contributed by atoms with Gasteiger partial charge in [0.1, 0.15) is 5.69 Å². The average Bonchev–Trinajstić information content (AvgIpc) is 2.28. The molecule has 0 saturated carbocycles. The van der Waals surface area contributed by atoms with Gasteiger partial charge in [-0.25, -0.2) is 18.6 Å². The van der Waals surface area contributed by atoms with E-state index in [2.05, 4.69) is 4.98 Å². The van der Waals surface area contributed by atoms with Crippen LogP contribution in [0.1, 0.15) is 35.1 Å². The summed E-state index contributed by atoms with van der Waals surface area (Å²) in [5, 5.41) is 0. The Morgan fingerprint density at radius 2 is 2.25 bits per heavy atom. The zero-order valence-electron chi connectivity index (χ0n) is 8.74. The Kier molecular flexibility index (Phi) is 4.30. The quantitative estimate of drug-likeness (QED) is 0.799. The summed E-state index contributed by atoms with van der Waals surface area (Å²) in [7, 11) is 0. The molecule has 0 amide bonds. The van der Waals surface area contributed by atoms with Crippen molar-refractivity contribution >= 4 is 5.97 Å². The third-order valence-electron chi connectivity index (χ3n) is 1.92. The zero-order chi connectivity index (χ0) is 12.1. The Labute approximate surface area is 91.4 Å². The molecule has 0 bridgehead atoms. The van der Waals surface area contributed by atoms with Gasteiger partial charge in [0.15, 0.2) is 0 Å². The molecule has 6 heteroatoms. The molecule has 0 aliphatic rings. The molecule has 4 nitrogen and oxygen atoms in total. The smallest absolute Gasteiger partial charge is 0.356 e. The topological polar surface area (TPSA) is 65.2 Å². The highest BCUT2D eigenvalue weighted by Gasteiger charge is 2.16. The molecule has 0 saturated heterocycles. The summed E-state index contributed by atoms with van der Waals surface area (Å²) in [5.41, 5.74) is 5.04. The lowest BCUT2D eigenvalue weighted by molar-refractivity contribution is 0.0518. The number of alkyl halides is 2. The van der Waals surface area contributed by atoms with E-state index in [-0.39, 0.29) is 30.1 Å². The van der Waals surface area contributed by atoms with Crippen molar-refractivity contribution in [2.75, 3.05) is 6.61 Å². The van der Waals surface area contributed by atoms with Crippen LogP contribution >= 0.6 is 0 Å². The third-order valence-corrected chi connectivity index (χ3v) is 1.92. The highest BCUT2D eigenvalue weighted by molar-refractivity contribution is 5.87. The van der Waals surface area contributed by atoms with E-state index in [0.29, 0.717) is 0 Å². The van der Waals surface area contributed by atoms with Gasteiger partial charge in [0.05, 0.1) is 12.3 Å². The van der Waals surface area contributed by atoms with E-state index >= 15 is 0 Å². The van der Waals surface area contributed by atoms with E-state index in [1.807, 2.05) is 0 Å². The van der Waals surface area contributed by atoms with Crippen LogP contribution in [0.4, 0.5) is 8.78 Å². The monoisotopic (exact) mass is 230 g/mol. The lowest BCUT2D eigenvalue weighted by Crippen LogP contribution is -2.12. The fourth-order valence-corrected chi connectivity index (χ4v) is 1.19. The summed E-state index contributed by atoms with van der Waals surface area (Å²) < 4.78 is 29.7. The molecule has 0 aliphatic carbocycles. The highest BCUT2D eigenvalue weighted by Crippen LogP contribution is 2.21. The van der Waals surface area contributed by atoms with Crippen molar-refractivity contribution in [2.24, 2.45) is 5.73 Å². The van der Waals surface area contributed by atoms with Crippen LogP contribution in [0.15, 0.2) is 12.1 Å². The largest absolute Gasteiger partial charge is 0.461 e. The van der Waals surface area contributed by atoms with E-state index in [9.17, 15) is 13.6 Å². The fourth-order valence-electron chi connectivity index (χ4n) is 1.19. The van der Waals surface area contributed by atoms with Crippen LogP contribution in [0.2, 0.25) is 0 Å². The number of nitrogens with zero attached hydrogens (tertiary/aromatic N) is 1. The van der Waals surface area contributed by atoms with E-state index in [0.717, 1.165) is 6.07 Å². The minimum atomic E-state index is -2.65. The Bertz CT molecular complexity index is 383. The predicted molar refractivity (Wildman–Crippen MR) is 53.0 cm³/mol. The summed E-state index contributed by atoms with van der Waals surface area (Å²) in [5.74, 6) is -0.641. The number of halogens is 2. The van der Waals surface area contributed by atoms with Gasteiger partial charge in [-0.1, -0.05) is 0 Å². The van der Waals surface area contributed by atoms with Crippen LogP contribution in [-0.4, -0.2) is 17.6 Å². The number of hydrogen-bond acceptors (Lipinski definition) is 4. The van der Waals surface area contributed by atoms with Gasteiger partial charge < -0.3 is 10.5 Å². The molecule has 0 unspecified atom stereocenters. The van der Waals surface area contributed by atoms with Gasteiger partial charge in [0.2, 0.25) is 0 Å². The van der Waals surface area contributed by atoms with Crippen molar-refractivity contribution in [1.82, 2.24) is 4.98 Å². The SMILES string of the molecule is CCOC(=O)c1ccc(C(F)F)c(CN)n1. The van der Waals surface area contributed by atoms with Crippen molar-refractivity contribution < 1.29 is 18.3 Å². The van der Waals surface area contributed by atoms with E-state index in [1.165, 1.54) is 6.07 Å². The molecular weight excluding hydrogens is 218 g/mol. The van der Waals surface area contributed by atoms with Gasteiger partial charge in [-0.2, -0.15) is 0 Å². The molecule has 0 atom stereocenters. The van der Waals surface area contributed by atoms with Crippen molar-refractivity contribution in [3.63, 3.8) is 0 Å². The Morgan fingerprint density at radius 3 is 2.75 bits per heavy atom. The number of aromatic nitrogens is 1. The van der Waals surface area contributed by atoms with Crippen LogP contribution in [0.5, 0.6) is 0 Å². The molecule has 0 aliphatic heterocycles. The van der Waals surface area contributed by atoms with E-state index in [4.69, 9.17) is 10.5 Å². The van der Waals surface area contributed by atoms with Gasteiger partial charge in [0.25, 0.3) is 6.43 Å². The maximum Gasteiger partial charge on any atom is 0.356 e. The Balaban J connectivity index is 3.04. The lowest BCUT2D eigenvalue weighted by Gasteiger charge is -2.07. The fraction of sp³-hybridized carbons (Fsp3) is 0.400. The molecule has 1 aromatic rings. The molecule has 16 heavy (non-hydrogen) atoms. The van der Waals surface area contributed by atoms with Crippen molar-refractivity contribution in [1.29, 1.82) is 0 Å². The third kappa shape index (κ3) is 2.73. The number of ether oxygens (including phenoxy) is 1. The highest BCUT2D eigenvalue weighted by atomic mass is 19.3. The number of nitrogens with two attached hydrogens (primary N) is 1. The first-order valence-electron chi connectivity index (χ1n) is 4.75. The van der Waals surface area contributed by atoms with Crippen LogP contribution in [0.3, 0.4) is 0 Å². The first-order valence-corrected chi connectivity index (χ1v) is 4.75. The second kappa shape index (κ2) is 5.50. The summed E-state index contributed by atoms with van der Waals surface area (Å²) in [6, 6.07) is 2.35. The lowest BCUT2D eigenvalue weighted by atomic mass is 10.1. The second-order valence-corrected chi connectivity index (χ2v) is 2.96. The minimum absolute atomic E-state index is 0.00769. The van der Waals surface area contributed by atoms with E-state index in [1.54, 1.807) is 6.92 Å². The number of carbonyl (C=O) groups is 1. The van der Waals surface area contributed by atoms with Crippen LogP contribution in [0.25, 0.3) is 0 Å². The minimum Gasteiger partial charge on any atom is -0.461 e. The molecule has 2 N–H and O–H groups in total.